The van der Waals surface area contributed by atoms with Crippen molar-refractivity contribution < 1.29 is 54.6 Å². The van der Waals surface area contributed by atoms with E-state index in [1.165, 1.54) is 0 Å². The first-order valence-corrected chi connectivity index (χ1v) is 5.37. The Labute approximate surface area is 102 Å². The minimum absolute atomic E-state index is 0. The maximum atomic E-state index is 10.1. The first kappa shape index (κ1) is 16.5. The molecule has 0 radical (unpaired) electrons. The van der Waals surface area contributed by atoms with Gasteiger partial charge in [0, 0.05) is 6.61 Å². The first-order chi connectivity index (χ1) is 5.56. The summed E-state index contributed by atoms with van der Waals surface area (Å²) in [5, 5.41) is 0. The monoisotopic (exact) mass is 222 g/mol. The molecular formula is C6H16NaO5P. The summed E-state index contributed by atoms with van der Waals surface area (Å²) in [6.07, 6.45) is 2.00. The number of rotatable bonds is 7. The van der Waals surface area contributed by atoms with Crippen LogP contribution in [0.25, 0.3) is 0 Å². The molecule has 0 spiro atoms. The molecule has 0 aromatic rings. The van der Waals surface area contributed by atoms with Gasteiger partial charge in [-0.2, -0.15) is 0 Å². The third-order valence-corrected chi connectivity index (χ3v) is 1.65. The van der Waals surface area contributed by atoms with Crippen LogP contribution in [-0.2, 0) is 13.8 Å². The van der Waals surface area contributed by atoms with Gasteiger partial charge in [-0.3, -0.25) is 4.52 Å². The topological polar surface area (TPSA) is 76.0 Å². The summed E-state index contributed by atoms with van der Waals surface area (Å²) < 4.78 is 19.3. The average Bonchev–Trinajstić information content (AvgIpc) is 1.94. The number of unbranched alkanes of at least 4 members (excludes halogenated alkanes) is 1. The standard InChI is InChI=1S/C6H15O5P.Na.H/c1-2-3-4-10-5-6-11-12(7,8)9;;/h2-6H2,1H3,(H2,7,8,9);;/q;+1;-1. The van der Waals surface area contributed by atoms with Crippen molar-refractivity contribution >= 4 is 7.82 Å². The van der Waals surface area contributed by atoms with Gasteiger partial charge in [0.2, 0.25) is 0 Å². The smallest absolute Gasteiger partial charge is 1.00 e. The van der Waals surface area contributed by atoms with Gasteiger partial charge in [-0.1, -0.05) is 13.3 Å². The molecule has 0 aromatic carbocycles. The molecule has 76 valence electrons. The second-order valence-electron chi connectivity index (χ2n) is 2.29. The zero-order chi connectivity index (χ0) is 9.45. The molecule has 0 aliphatic heterocycles. The van der Waals surface area contributed by atoms with E-state index in [9.17, 15) is 4.57 Å². The molecule has 0 fully saturated rings. The molecule has 0 aromatic heterocycles. The van der Waals surface area contributed by atoms with Gasteiger partial charge in [-0.15, -0.1) is 0 Å². The van der Waals surface area contributed by atoms with Crippen LogP contribution in [0.15, 0.2) is 0 Å². The van der Waals surface area contributed by atoms with E-state index in [0.29, 0.717) is 6.61 Å². The van der Waals surface area contributed by atoms with Crippen molar-refractivity contribution in [1.82, 2.24) is 0 Å². The van der Waals surface area contributed by atoms with Crippen LogP contribution >= 0.6 is 7.82 Å². The van der Waals surface area contributed by atoms with Gasteiger partial charge in [0.15, 0.2) is 0 Å². The summed E-state index contributed by atoms with van der Waals surface area (Å²) in [5.41, 5.74) is 0. The Morgan fingerprint density at radius 2 is 1.92 bits per heavy atom. The number of hydrogen-bond acceptors (Lipinski definition) is 3. The number of hydrogen-bond donors (Lipinski definition) is 2. The molecule has 0 saturated heterocycles. The molecule has 0 saturated carbocycles. The van der Waals surface area contributed by atoms with Crippen LogP contribution in [0.2, 0.25) is 0 Å². The minimum Gasteiger partial charge on any atom is -1.00 e. The maximum Gasteiger partial charge on any atom is 1.00 e. The normalized spacial score (nSPS) is 11.0. The fraction of sp³-hybridized carbons (Fsp3) is 1.00. The van der Waals surface area contributed by atoms with Gasteiger partial charge in [-0.05, 0) is 6.42 Å². The predicted octanol–water partition coefficient (Wildman–Crippen LogP) is -1.97. The third kappa shape index (κ3) is 15.8. The van der Waals surface area contributed by atoms with Gasteiger partial charge >= 0.3 is 37.4 Å². The molecule has 0 rings (SSSR count). The Bertz CT molecular complexity index is 153. The molecule has 0 heterocycles. The molecule has 0 aliphatic carbocycles. The van der Waals surface area contributed by atoms with E-state index in [1.54, 1.807) is 0 Å². The van der Waals surface area contributed by atoms with E-state index in [-0.39, 0.29) is 44.2 Å². The molecule has 0 atom stereocenters. The van der Waals surface area contributed by atoms with Crippen molar-refractivity contribution in [2.75, 3.05) is 19.8 Å². The Hall–Kier alpha value is 1.07. The molecule has 7 heteroatoms. The van der Waals surface area contributed by atoms with Crippen molar-refractivity contribution in [1.29, 1.82) is 0 Å². The zero-order valence-electron chi connectivity index (χ0n) is 9.10. The molecule has 0 aliphatic rings. The van der Waals surface area contributed by atoms with Gasteiger partial charge in [-0.25, -0.2) is 4.57 Å². The summed E-state index contributed by atoms with van der Waals surface area (Å²) in [7, 11) is -4.30. The van der Waals surface area contributed by atoms with Gasteiger partial charge in [0.1, 0.15) is 0 Å². The van der Waals surface area contributed by atoms with Crippen LogP contribution in [0, 0.1) is 0 Å². The Balaban J connectivity index is -0.000000605. The van der Waals surface area contributed by atoms with Crippen molar-refractivity contribution in [2.24, 2.45) is 0 Å². The van der Waals surface area contributed by atoms with Gasteiger partial charge in [0.05, 0.1) is 13.2 Å². The Morgan fingerprint density at radius 3 is 2.38 bits per heavy atom. The molecule has 2 N–H and O–H groups in total. The van der Waals surface area contributed by atoms with Crippen molar-refractivity contribution in [3.63, 3.8) is 0 Å². The van der Waals surface area contributed by atoms with Crippen molar-refractivity contribution in [3.05, 3.63) is 0 Å². The summed E-state index contributed by atoms with van der Waals surface area (Å²) in [4.78, 5) is 16.5. The Kier molecular flexibility index (Phi) is 12.2. The van der Waals surface area contributed by atoms with E-state index in [4.69, 9.17) is 14.5 Å². The summed E-state index contributed by atoms with van der Waals surface area (Å²) in [6.45, 7) is 2.82. The Morgan fingerprint density at radius 1 is 1.31 bits per heavy atom. The van der Waals surface area contributed by atoms with Crippen LogP contribution in [0.3, 0.4) is 0 Å². The van der Waals surface area contributed by atoms with Gasteiger partial charge < -0.3 is 16.0 Å². The van der Waals surface area contributed by atoms with E-state index in [0.717, 1.165) is 12.8 Å². The van der Waals surface area contributed by atoms with Crippen molar-refractivity contribution in [3.8, 4) is 0 Å². The average molecular weight is 222 g/mol. The predicted molar refractivity (Wildman–Crippen MR) is 44.8 cm³/mol. The van der Waals surface area contributed by atoms with Gasteiger partial charge in [0.25, 0.3) is 0 Å². The van der Waals surface area contributed by atoms with Crippen LogP contribution in [0.4, 0.5) is 0 Å². The fourth-order valence-corrected chi connectivity index (χ4v) is 0.876. The molecule has 0 bridgehead atoms. The molecular weight excluding hydrogens is 206 g/mol. The molecule has 0 amide bonds. The second kappa shape index (κ2) is 9.62. The summed E-state index contributed by atoms with van der Waals surface area (Å²) >= 11 is 0. The van der Waals surface area contributed by atoms with Crippen LogP contribution in [0.1, 0.15) is 21.2 Å². The molecule has 5 nitrogen and oxygen atoms in total. The second-order valence-corrected chi connectivity index (χ2v) is 3.53. The molecule has 13 heavy (non-hydrogen) atoms. The van der Waals surface area contributed by atoms with E-state index < -0.39 is 7.82 Å². The minimum atomic E-state index is -4.30. The van der Waals surface area contributed by atoms with Crippen LogP contribution in [-0.4, -0.2) is 29.6 Å². The fourth-order valence-electron chi connectivity index (χ4n) is 0.564. The van der Waals surface area contributed by atoms with E-state index in [1.807, 2.05) is 6.92 Å². The number of phosphoric acid groups is 1. The van der Waals surface area contributed by atoms with E-state index >= 15 is 0 Å². The summed E-state index contributed by atoms with van der Waals surface area (Å²) in [5.74, 6) is 0. The quantitative estimate of drug-likeness (QED) is 0.297. The number of phosphoric ester groups is 1. The molecule has 0 unspecified atom stereocenters. The summed E-state index contributed by atoms with van der Waals surface area (Å²) in [6, 6.07) is 0. The van der Waals surface area contributed by atoms with Crippen molar-refractivity contribution in [2.45, 2.75) is 19.8 Å². The third-order valence-electron chi connectivity index (χ3n) is 1.13. The zero-order valence-corrected chi connectivity index (χ0v) is 11.0. The first-order valence-electron chi connectivity index (χ1n) is 3.84. The SMILES string of the molecule is CCCCOCCOP(=O)(O)O.[H-].[Na+]. The maximum absolute atomic E-state index is 10.1. The van der Waals surface area contributed by atoms with E-state index in [2.05, 4.69) is 4.52 Å². The largest absolute Gasteiger partial charge is 1.00 e. The number of ether oxygens (including phenoxy) is 1. The van der Waals surface area contributed by atoms with Crippen LogP contribution in [0.5, 0.6) is 0 Å². The van der Waals surface area contributed by atoms with Crippen LogP contribution < -0.4 is 29.6 Å².